The van der Waals surface area contributed by atoms with E-state index in [4.69, 9.17) is 0 Å². The number of urea groups is 1. The second-order valence-electron chi connectivity index (χ2n) is 6.31. The third-order valence-corrected chi connectivity index (χ3v) is 4.88. The number of hydrogen-bond donors (Lipinski definition) is 2. The van der Waals surface area contributed by atoms with E-state index in [0.29, 0.717) is 19.1 Å². The van der Waals surface area contributed by atoms with Crippen molar-refractivity contribution in [1.82, 2.24) is 14.7 Å². The fraction of sp³-hybridized carbons (Fsp3) is 0.857. The Labute approximate surface area is 124 Å². The lowest BCUT2D eigenvalue weighted by Gasteiger charge is -2.31. The molecule has 0 saturated carbocycles. The van der Waals surface area contributed by atoms with Gasteiger partial charge in [-0.25, -0.2) is 9.59 Å². The van der Waals surface area contributed by atoms with Crippen molar-refractivity contribution in [2.75, 3.05) is 32.7 Å². The molecule has 0 aliphatic carbocycles. The summed E-state index contributed by atoms with van der Waals surface area (Å²) in [4.78, 5) is 29.5. The van der Waals surface area contributed by atoms with Gasteiger partial charge in [0.05, 0.1) is 6.10 Å². The Bertz CT molecular complexity index is 430. The molecule has 3 fully saturated rings. The predicted octanol–water partition coefficient (Wildman–Crippen LogP) is -0.204. The number of fused-ring (bicyclic) bond motifs is 1. The number of carbonyl (C=O) groups excluding carboxylic acids is 1. The van der Waals surface area contributed by atoms with Crippen molar-refractivity contribution in [1.29, 1.82) is 0 Å². The molecule has 3 heterocycles. The number of aliphatic carboxylic acids is 1. The van der Waals surface area contributed by atoms with Gasteiger partial charge >= 0.3 is 12.0 Å². The van der Waals surface area contributed by atoms with E-state index in [2.05, 4.69) is 4.90 Å². The number of amides is 2. The van der Waals surface area contributed by atoms with Crippen molar-refractivity contribution >= 4 is 12.0 Å². The Balaban J connectivity index is 1.70. The van der Waals surface area contributed by atoms with E-state index in [1.54, 1.807) is 4.90 Å². The zero-order chi connectivity index (χ0) is 15.0. The Morgan fingerprint density at radius 1 is 1.05 bits per heavy atom. The topological polar surface area (TPSA) is 84.3 Å². The first-order valence-corrected chi connectivity index (χ1v) is 7.76. The summed E-state index contributed by atoms with van der Waals surface area (Å²) in [6, 6.07) is -0.713. The van der Waals surface area contributed by atoms with Crippen molar-refractivity contribution in [3.63, 3.8) is 0 Å². The summed E-state index contributed by atoms with van der Waals surface area (Å²) in [6.07, 6.45) is 2.60. The Morgan fingerprint density at radius 3 is 2.57 bits per heavy atom. The standard InChI is InChI=1S/C14H23N3O4/c18-11-7-12(13(19)20)17(9-11)14(21)16-6-2-5-15-4-1-3-10(15)8-16/h10-12,18H,1-9H2,(H,19,20)/t10?,11?,12-/m0/s1. The molecule has 0 radical (unpaired) electrons. The van der Waals surface area contributed by atoms with E-state index < -0.39 is 18.1 Å². The van der Waals surface area contributed by atoms with Gasteiger partial charge in [-0.15, -0.1) is 0 Å². The molecule has 3 aliphatic heterocycles. The molecule has 118 valence electrons. The van der Waals surface area contributed by atoms with Crippen LogP contribution >= 0.6 is 0 Å². The fourth-order valence-electron chi connectivity index (χ4n) is 3.82. The largest absolute Gasteiger partial charge is 0.480 e. The maximum Gasteiger partial charge on any atom is 0.326 e. The van der Waals surface area contributed by atoms with Gasteiger partial charge in [0.15, 0.2) is 0 Å². The van der Waals surface area contributed by atoms with Crippen molar-refractivity contribution < 1.29 is 19.8 Å². The van der Waals surface area contributed by atoms with E-state index in [-0.39, 0.29) is 19.0 Å². The van der Waals surface area contributed by atoms with Crippen molar-refractivity contribution in [2.24, 2.45) is 0 Å². The molecule has 7 heteroatoms. The number of carboxylic acids is 1. The minimum atomic E-state index is -1.03. The van der Waals surface area contributed by atoms with Crippen LogP contribution in [0.1, 0.15) is 25.7 Å². The summed E-state index contributed by atoms with van der Waals surface area (Å²) in [6.45, 7) is 3.59. The van der Waals surface area contributed by atoms with Crippen LogP contribution in [0.5, 0.6) is 0 Å². The first-order valence-electron chi connectivity index (χ1n) is 7.76. The van der Waals surface area contributed by atoms with Crippen LogP contribution in [0.25, 0.3) is 0 Å². The van der Waals surface area contributed by atoms with Gasteiger partial charge in [0.25, 0.3) is 0 Å². The lowest BCUT2D eigenvalue weighted by molar-refractivity contribution is -0.141. The summed E-state index contributed by atoms with van der Waals surface area (Å²) >= 11 is 0. The van der Waals surface area contributed by atoms with Gasteiger partial charge in [0, 0.05) is 38.6 Å². The normalized spacial score (nSPS) is 33.9. The monoisotopic (exact) mass is 297 g/mol. The van der Waals surface area contributed by atoms with Crippen LogP contribution in [0, 0.1) is 0 Å². The van der Waals surface area contributed by atoms with E-state index in [9.17, 15) is 19.8 Å². The van der Waals surface area contributed by atoms with Gasteiger partial charge < -0.3 is 20.0 Å². The lowest BCUT2D eigenvalue weighted by Crippen LogP contribution is -2.50. The molecule has 0 bridgehead atoms. The Morgan fingerprint density at radius 2 is 1.81 bits per heavy atom. The van der Waals surface area contributed by atoms with Crippen LogP contribution in [0.4, 0.5) is 4.79 Å². The van der Waals surface area contributed by atoms with Crippen molar-refractivity contribution in [3.05, 3.63) is 0 Å². The van der Waals surface area contributed by atoms with Crippen LogP contribution in [-0.4, -0.2) is 87.8 Å². The summed E-state index contributed by atoms with van der Waals surface area (Å²) in [5, 5.41) is 18.9. The van der Waals surface area contributed by atoms with Crippen LogP contribution in [0.15, 0.2) is 0 Å². The molecule has 3 saturated heterocycles. The van der Waals surface area contributed by atoms with Gasteiger partial charge in [-0.05, 0) is 25.8 Å². The molecular formula is C14H23N3O4. The molecule has 2 amide bonds. The molecule has 2 unspecified atom stereocenters. The van der Waals surface area contributed by atoms with E-state index >= 15 is 0 Å². The molecule has 0 spiro atoms. The molecule has 0 aromatic heterocycles. The van der Waals surface area contributed by atoms with Gasteiger partial charge in [0.2, 0.25) is 0 Å². The van der Waals surface area contributed by atoms with Crippen molar-refractivity contribution in [2.45, 2.75) is 43.9 Å². The van der Waals surface area contributed by atoms with Crippen LogP contribution in [0.2, 0.25) is 0 Å². The zero-order valence-electron chi connectivity index (χ0n) is 12.1. The molecule has 0 aromatic rings. The fourth-order valence-corrected chi connectivity index (χ4v) is 3.82. The van der Waals surface area contributed by atoms with Gasteiger partial charge in [-0.3, -0.25) is 4.90 Å². The van der Waals surface area contributed by atoms with Crippen LogP contribution < -0.4 is 0 Å². The summed E-state index contributed by atoms with van der Waals surface area (Å²) < 4.78 is 0. The number of β-amino-alcohol motifs (C(OH)–C–C–N with tert-alkyl or cyclic N) is 1. The highest BCUT2D eigenvalue weighted by molar-refractivity contribution is 5.83. The third kappa shape index (κ3) is 2.85. The van der Waals surface area contributed by atoms with Crippen LogP contribution in [-0.2, 0) is 4.79 Å². The third-order valence-electron chi connectivity index (χ3n) is 4.88. The second-order valence-corrected chi connectivity index (χ2v) is 6.31. The number of hydrogen-bond acceptors (Lipinski definition) is 4. The Kier molecular flexibility index (Phi) is 4.03. The molecule has 0 aromatic carbocycles. The number of rotatable bonds is 1. The van der Waals surface area contributed by atoms with Gasteiger partial charge in [0.1, 0.15) is 6.04 Å². The van der Waals surface area contributed by atoms with Crippen LogP contribution in [0.3, 0.4) is 0 Å². The first kappa shape index (κ1) is 14.6. The van der Waals surface area contributed by atoms with Gasteiger partial charge in [-0.2, -0.15) is 0 Å². The molecule has 7 nitrogen and oxygen atoms in total. The Hall–Kier alpha value is -1.34. The van der Waals surface area contributed by atoms with Crippen molar-refractivity contribution in [3.8, 4) is 0 Å². The maximum atomic E-state index is 12.7. The minimum Gasteiger partial charge on any atom is -0.480 e. The number of likely N-dealkylation sites (tertiary alicyclic amines) is 1. The smallest absolute Gasteiger partial charge is 0.326 e. The molecular weight excluding hydrogens is 274 g/mol. The molecule has 3 aliphatic rings. The molecule has 3 rings (SSSR count). The highest BCUT2D eigenvalue weighted by atomic mass is 16.4. The van der Waals surface area contributed by atoms with E-state index in [0.717, 1.165) is 25.9 Å². The molecule has 21 heavy (non-hydrogen) atoms. The SMILES string of the molecule is O=C(O)[C@@H]1CC(O)CN1C(=O)N1CCCN2CCCC2C1. The second kappa shape index (κ2) is 5.81. The average molecular weight is 297 g/mol. The zero-order valence-corrected chi connectivity index (χ0v) is 12.1. The highest BCUT2D eigenvalue weighted by Gasteiger charge is 2.41. The predicted molar refractivity (Wildman–Crippen MR) is 74.9 cm³/mol. The summed E-state index contributed by atoms with van der Waals surface area (Å²) in [5.41, 5.74) is 0. The number of aliphatic hydroxyl groups excluding tert-OH is 1. The molecule has 3 atom stereocenters. The summed E-state index contributed by atoms with van der Waals surface area (Å²) in [5.74, 6) is -1.03. The first-order chi connectivity index (χ1) is 10.1. The number of nitrogens with zero attached hydrogens (tertiary/aromatic N) is 3. The maximum absolute atomic E-state index is 12.7. The number of carboxylic acid groups (broad SMARTS) is 1. The summed E-state index contributed by atoms with van der Waals surface area (Å²) in [7, 11) is 0. The average Bonchev–Trinajstić information content (AvgIpc) is 2.99. The molecule has 2 N–H and O–H groups in total. The van der Waals surface area contributed by atoms with E-state index in [1.165, 1.54) is 11.3 Å². The highest BCUT2D eigenvalue weighted by Crippen LogP contribution is 2.24. The van der Waals surface area contributed by atoms with Gasteiger partial charge in [-0.1, -0.05) is 0 Å². The quantitative estimate of drug-likeness (QED) is 0.700. The van der Waals surface area contributed by atoms with E-state index in [1.807, 2.05) is 0 Å². The lowest BCUT2D eigenvalue weighted by atomic mass is 10.2. The minimum absolute atomic E-state index is 0.126. The number of aliphatic hydroxyl groups is 1. The number of carbonyl (C=O) groups is 2.